The number of aromatic nitrogens is 2. The van der Waals surface area contributed by atoms with Crippen molar-refractivity contribution in [2.24, 2.45) is 0 Å². The van der Waals surface area contributed by atoms with Crippen LogP contribution in [0.25, 0.3) is 0 Å². The van der Waals surface area contributed by atoms with E-state index >= 15 is 0 Å². The molecule has 5 nitrogen and oxygen atoms in total. The Morgan fingerprint density at radius 1 is 1.37 bits per heavy atom. The van der Waals surface area contributed by atoms with E-state index in [-0.39, 0.29) is 6.10 Å². The molecule has 0 radical (unpaired) electrons. The van der Waals surface area contributed by atoms with Crippen LogP contribution in [-0.4, -0.2) is 60.1 Å². The third kappa shape index (κ3) is 5.06. The summed E-state index contributed by atoms with van der Waals surface area (Å²) in [7, 11) is 2.08. The second kappa shape index (κ2) is 7.79. The molecule has 0 saturated carbocycles. The van der Waals surface area contributed by atoms with Crippen molar-refractivity contribution in [3.05, 3.63) is 18.0 Å². The van der Waals surface area contributed by atoms with Crippen LogP contribution in [0, 0.1) is 0 Å². The second-order valence-corrected chi connectivity index (χ2v) is 5.80. The van der Waals surface area contributed by atoms with E-state index in [4.69, 9.17) is 9.47 Å². The number of hydrogen-bond donors (Lipinski definition) is 0. The van der Waals surface area contributed by atoms with E-state index in [1.54, 1.807) is 11.8 Å². The van der Waals surface area contributed by atoms with Crippen molar-refractivity contribution in [3.63, 3.8) is 0 Å². The van der Waals surface area contributed by atoms with Crippen LogP contribution < -0.4 is 0 Å². The summed E-state index contributed by atoms with van der Waals surface area (Å²) in [4.78, 5) is 10.9. The van der Waals surface area contributed by atoms with Crippen molar-refractivity contribution in [1.29, 1.82) is 0 Å². The first-order valence-electron chi connectivity index (χ1n) is 6.59. The monoisotopic (exact) mass is 283 g/mol. The van der Waals surface area contributed by atoms with Crippen LogP contribution in [0.3, 0.4) is 0 Å². The van der Waals surface area contributed by atoms with E-state index in [1.807, 2.05) is 12.4 Å². The lowest BCUT2D eigenvalue weighted by molar-refractivity contribution is -0.0963. The Balaban J connectivity index is 1.78. The molecule has 2 heterocycles. The van der Waals surface area contributed by atoms with Gasteiger partial charge in [0.1, 0.15) is 0 Å². The Kier molecular flexibility index (Phi) is 6.03. The maximum Gasteiger partial charge on any atom is 0.187 e. The molecule has 1 aromatic heterocycles. The number of hydrogen-bond acceptors (Lipinski definition) is 6. The highest BCUT2D eigenvalue weighted by molar-refractivity contribution is 7.99. The molecule has 0 N–H and O–H groups in total. The third-order valence-corrected chi connectivity index (χ3v) is 3.57. The van der Waals surface area contributed by atoms with Gasteiger partial charge in [-0.2, -0.15) is 0 Å². The molecule has 0 spiro atoms. The van der Waals surface area contributed by atoms with Gasteiger partial charge in [-0.3, -0.25) is 4.90 Å². The molecule has 1 fully saturated rings. The van der Waals surface area contributed by atoms with Crippen LogP contribution in [0.15, 0.2) is 17.6 Å². The first-order chi connectivity index (χ1) is 9.28. The predicted octanol–water partition coefficient (Wildman–Crippen LogP) is 1.44. The average Bonchev–Trinajstić information content (AvgIpc) is 2.42. The summed E-state index contributed by atoms with van der Waals surface area (Å²) < 4.78 is 11.0. The molecule has 1 saturated heterocycles. The van der Waals surface area contributed by atoms with Gasteiger partial charge in [0.05, 0.1) is 25.9 Å². The second-order valence-electron chi connectivity index (χ2n) is 4.57. The summed E-state index contributed by atoms with van der Waals surface area (Å²) in [5.74, 6) is 0.998. The number of rotatable bonds is 6. The molecule has 1 aliphatic heterocycles. The van der Waals surface area contributed by atoms with Crippen LogP contribution in [-0.2, 0) is 16.0 Å². The zero-order valence-electron chi connectivity index (χ0n) is 11.5. The van der Waals surface area contributed by atoms with E-state index in [0.29, 0.717) is 19.8 Å². The molecule has 19 heavy (non-hydrogen) atoms. The van der Waals surface area contributed by atoms with E-state index < -0.39 is 0 Å². The highest BCUT2D eigenvalue weighted by atomic mass is 32.2. The van der Waals surface area contributed by atoms with Gasteiger partial charge in [0.2, 0.25) is 0 Å². The lowest BCUT2D eigenvalue weighted by Crippen LogP contribution is -2.38. The molecule has 2 rings (SSSR count). The molecule has 0 bridgehead atoms. The van der Waals surface area contributed by atoms with Crippen molar-refractivity contribution in [2.45, 2.75) is 24.7 Å². The lowest BCUT2D eigenvalue weighted by Gasteiger charge is -2.27. The summed E-state index contributed by atoms with van der Waals surface area (Å²) in [5.41, 5.74) is 1.12. The maximum absolute atomic E-state index is 5.64. The Morgan fingerprint density at radius 2 is 2.16 bits per heavy atom. The minimum absolute atomic E-state index is 0.176. The molecule has 1 aromatic rings. The molecule has 0 aliphatic carbocycles. The fourth-order valence-corrected chi connectivity index (χ4v) is 2.51. The molecule has 6 heteroatoms. The average molecular weight is 283 g/mol. The van der Waals surface area contributed by atoms with Gasteiger partial charge in [0.25, 0.3) is 0 Å². The van der Waals surface area contributed by atoms with E-state index in [2.05, 4.69) is 28.8 Å². The third-order valence-electron chi connectivity index (χ3n) is 2.81. The number of thioether (sulfide) groups is 1. The van der Waals surface area contributed by atoms with Crippen molar-refractivity contribution in [1.82, 2.24) is 14.9 Å². The summed E-state index contributed by atoms with van der Waals surface area (Å²) >= 11 is 1.66. The molecule has 106 valence electrons. The van der Waals surface area contributed by atoms with Gasteiger partial charge >= 0.3 is 0 Å². The molecule has 0 amide bonds. The fraction of sp³-hybridized carbons (Fsp3) is 0.692. The van der Waals surface area contributed by atoms with E-state index in [0.717, 1.165) is 29.6 Å². The SMILES string of the molecule is CCSc1ncc(CN(C)CC2COCCO2)cn1. The largest absolute Gasteiger partial charge is 0.376 e. The molecular formula is C13H21N3O2S. The normalized spacial score (nSPS) is 19.8. The van der Waals surface area contributed by atoms with E-state index in [1.165, 1.54) is 0 Å². The van der Waals surface area contributed by atoms with Crippen molar-refractivity contribution < 1.29 is 9.47 Å². The van der Waals surface area contributed by atoms with Gasteiger partial charge in [0.15, 0.2) is 5.16 Å². The zero-order chi connectivity index (χ0) is 13.5. The molecular weight excluding hydrogens is 262 g/mol. The fourth-order valence-electron chi connectivity index (χ4n) is 1.99. The maximum atomic E-state index is 5.64. The minimum Gasteiger partial charge on any atom is -0.376 e. The van der Waals surface area contributed by atoms with E-state index in [9.17, 15) is 0 Å². The molecule has 1 atom stereocenters. The van der Waals surface area contributed by atoms with Crippen LogP contribution in [0.4, 0.5) is 0 Å². The summed E-state index contributed by atoms with van der Waals surface area (Å²) in [6.07, 6.45) is 3.98. The first kappa shape index (κ1) is 14.7. The van der Waals surface area contributed by atoms with Crippen molar-refractivity contribution in [2.75, 3.05) is 39.2 Å². The van der Waals surface area contributed by atoms with Gasteiger partial charge in [-0.05, 0) is 12.8 Å². The van der Waals surface area contributed by atoms with Gasteiger partial charge in [-0.1, -0.05) is 18.7 Å². The number of ether oxygens (including phenoxy) is 2. The smallest absolute Gasteiger partial charge is 0.187 e. The Morgan fingerprint density at radius 3 is 2.79 bits per heavy atom. The molecule has 0 aromatic carbocycles. The summed E-state index contributed by atoms with van der Waals surface area (Å²) in [6.45, 7) is 5.90. The van der Waals surface area contributed by atoms with Gasteiger partial charge in [-0.25, -0.2) is 9.97 Å². The highest BCUT2D eigenvalue weighted by Gasteiger charge is 2.16. The predicted molar refractivity (Wildman–Crippen MR) is 75.3 cm³/mol. The van der Waals surface area contributed by atoms with Crippen LogP contribution in [0.2, 0.25) is 0 Å². The number of likely N-dealkylation sites (N-methyl/N-ethyl adjacent to an activating group) is 1. The number of nitrogens with zero attached hydrogens (tertiary/aromatic N) is 3. The highest BCUT2D eigenvalue weighted by Crippen LogP contribution is 2.12. The van der Waals surface area contributed by atoms with Gasteiger partial charge in [-0.15, -0.1) is 0 Å². The standard InChI is InChI=1S/C13H21N3O2S/c1-3-19-13-14-6-11(7-15-13)8-16(2)9-12-10-17-4-5-18-12/h6-7,12H,3-5,8-10H2,1-2H3. The van der Waals surface area contributed by atoms with Gasteiger partial charge < -0.3 is 9.47 Å². The van der Waals surface area contributed by atoms with Crippen LogP contribution in [0.1, 0.15) is 12.5 Å². The van der Waals surface area contributed by atoms with Crippen molar-refractivity contribution in [3.8, 4) is 0 Å². The summed E-state index contributed by atoms with van der Waals surface area (Å²) in [5, 5.41) is 0.845. The molecule has 1 aliphatic rings. The minimum atomic E-state index is 0.176. The van der Waals surface area contributed by atoms with Crippen LogP contribution in [0.5, 0.6) is 0 Å². The van der Waals surface area contributed by atoms with Crippen LogP contribution >= 0.6 is 11.8 Å². The van der Waals surface area contributed by atoms with Gasteiger partial charge in [0, 0.05) is 31.0 Å². The topological polar surface area (TPSA) is 47.5 Å². The molecule has 1 unspecified atom stereocenters. The zero-order valence-corrected chi connectivity index (χ0v) is 12.4. The Bertz CT molecular complexity index is 369. The lowest BCUT2D eigenvalue weighted by atomic mass is 10.3. The first-order valence-corrected chi connectivity index (χ1v) is 7.58. The quantitative estimate of drug-likeness (QED) is 0.581. The summed E-state index contributed by atoms with van der Waals surface area (Å²) in [6, 6.07) is 0. The Hall–Kier alpha value is -0.690. The Labute approximate surface area is 118 Å². The van der Waals surface area contributed by atoms with Crippen molar-refractivity contribution >= 4 is 11.8 Å².